The molecule has 7 heteroatoms. The van der Waals surface area contributed by atoms with Crippen molar-refractivity contribution in [1.29, 1.82) is 0 Å². The van der Waals surface area contributed by atoms with Crippen LogP contribution in [0.15, 0.2) is 22.4 Å². The Balaban J connectivity index is 3.34. The van der Waals surface area contributed by atoms with Crippen LogP contribution in [0.4, 0.5) is 0 Å². The predicted octanol–water partition coefficient (Wildman–Crippen LogP) is 3.44. The van der Waals surface area contributed by atoms with Crippen molar-refractivity contribution < 1.29 is 23.7 Å². The molecule has 0 aliphatic carbocycles. The van der Waals surface area contributed by atoms with Crippen molar-refractivity contribution in [2.75, 3.05) is 40.6 Å². The van der Waals surface area contributed by atoms with E-state index in [4.69, 9.17) is 18.9 Å². The molecular formula is C15H20O5S2. The summed E-state index contributed by atoms with van der Waals surface area (Å²) in [6.07, 6.45) is 5.41. The predicted molar refractivity (Wildman–Crippen MR) is 91.5 cm³/mol. The lowest BCUT2D eigenvalue weighted by molar-refractivity contribution is 0.0500. The second-order valence-corrected chi connectivity index (χ2v) is 5.94. The molecule has 122 valence electrons. The summed E-state index contributed by atoms with van der Waals surface area (Å²) in [5.41, 5.74) is 0.348. The average molecular weight is 344 g/mol. The molecule has 0 bridgehead atoms. The lowest BCUT2D eigenvalue weighted by atomic mass is 10.1. The number of ketones is 1. The van der Waals surface area contributed by atoms with E-state index in [0.29, 0.717) is 22.8 Å². The standard InChI is InChI=1S/C15H20O5S2/c1-17-9-20-13-7-10(18-2)6-12(19-3)15(13)11(16)8-14(21-4)22-5/h6-8H,9H2,1-5H3. The van der Waals surface area contributed by atoms with Crippen molar-refractivity contribution in [2.24, 2.45) is 0 Å². The van der Waals surface area contributed by atoms with Gasteiger partial charge >= 0.3 is 0 Å². The van der Waals surface area contributed by atoms with Crippen molar-refractivity contribution in [1.82, 2.24) is 0 Å². The zero-order valence-electron chi connectivity index (χ0n) is 13.3. The number of benzene rings is 1. The van der Waals surface area contributed by atoms with Crippen molar-refractivity contribution >= 4 is 29.3 Å². The maximum absolute atomic E-state index is 12.6. The average Bonchev–Trinajstić information content (AvgIpc) is 2.56. The van der Waals surface area contributed by atoms with Gasteiger partial charge in [-0.25, -0.2) is 0 Å². The van der Waals surface area contributed by atoms with Gasteiger partial charge in [0.2, 0.25) is 0 Å². The number of hydrogen-bond donors (Lipinski definition) is 0. The van der Waals surface area contributed by atoms with Crippen molar-refractivity contribution in [3.8, 4) is 17.2 Å². The lowest BCUT2D eigenvalue weighted by Crippen LogP contribution is -2.07. The van der Waals surface area contributed by atoms with Gasteiger partial charge in [-0.05, 0) is 12.5 Å². The van der Waals surface area contributed by atoms with Gasteiger partial charge in [0.25, 0.3) is 0 Å². The third-order valence-corrected chi connectivity index (χ3v) is 4.77. The number of ether oxygens (including phenoxy) is 4. The van der Waals surface area contributed by atoms with Gasteiger partial charge < -0.3 is 18.9 Å². The molecular weight excluding hydrogens is 324 g/mol. The van der Waals surface area contributed by atoms with Crippen LogP contribution >= 0.6 is 23.5 Å². The fourth-order valence-corrected chi connectivity index (χ4v) is 2.82. The van der Waals surface area contributed by atoms with Crippen LogP contribution in [0.5, 0.6) is 17.2 Å². The molecule has 0 heterocycles. The molecule has 0 atom stereocenters. The van der Waals surface area contributed by atoms with Gasteiger partial charge in [0.05, 0.1) is 14.2 Å². The van der Waals surface area contributed by atoms with Crippen LogP contribution in [0.1, 0.15) is 10.4 Å². The highest BCUT2D eigenvalue weighted by Crippen LogP contribution is 2.36. The SMILES string of the molecule is COCOc1cc(OC)cc(OC)c1C(=O)C=C(SC)SC. The van der Waals surface area contributed by atoms with E-state index in [-0.39, 0.29) is 12.6 Å². The molecule has 0 saturated heterocycles. The van der Waals surface area contributed by atoms with E-state index in [2.05, 4.69) is 0 Å². The number of rotatable bonds is 9. The quantitative estimate of drug-likeness (QED) is 0.386. The summed E-state index contributed by atoms with van der Waals surface area (Å²) in [7, 11) is 4.55. The van der Waals surface area contributed by atoms with Crippen molar-refractivity contribution in [3.63, 3.8) is 0 Å². The first-order chi connectivity index (χ1) is 10.6. The smallest absolute Gasteiger partial charge is 0.194 e. The van der Waals surface area contributed by atoms with Crippen LogP contribution in [0.3, 0.4) is 0 Å². The molecule has 5 nitrogen and oxygen atoms in total. The number of carbonyl (C=O) groups is 1. The molecule has 0 fully saturated rings. The first kappa shape index (κ1) is 18.7. The van der Waals surface area contributed by atoms with E-state index in [1.165, 1.54) is 44.9 Å². The normalized spacial score (nSPS) is 10.0. The number of hydrogen-bond acceptors (Lipinski definition) is 7. The van der Waals surface area contributed by atoms with E-state index >= 15 is 0 Å². The maximum Gasteiger partial charge on any atom is 0.194 e. The Morgan fingerprint density at radius 1 is 1.09 bits per heavy atom. The summed E-state index contributed by atoms with van der Waals surface area (Å²) in [6, 6.07) is 3.29. The van der Waals surface area contributed by atoms with Gasteiger partial charge in [0.1, 0.15) is 22.8 Å². The topological polar surface area (TPSA) is 54.0 Å². The molecule has 0 N–H and O–H groups in total. The highest BCUT2D eigenvalue weighted by molar-refractivity contribution is 8.21. The molecule has 1 aromatic rings. The van der Waals surface area contributed by atoms with Gasteiger partial charge in [-0.15, -0.1) is 23.5 Å². The van der Waals surface area contributed by atoms with Crippen LogP contribution in [0.2, 0.25) is 0 Å². The second kappa shape index (κ2) is 9.66. The Kier molecular flexibility index (Phi) is 8.22. The molecule has 1 aromatic carbocycles. The van der Waals surface area contributed by atoms with Crippen LogP contribution < -0.4 is 14.2 Å². The number of thioether (sulfide) groups is 2. The third-order valence-electron chi connectivity index (χ3n) is 2.73. The van der Waals surface area contributed by atoms with E-state index < -0.39 is 0 Å². The molecule has 0 amide bonds. The molecule has 0 aromatic heterocycles. The minimum Gasteiger partial charge on any atom is -0.496 e. The van der Waals surface area contributed by atoms with Gasteiger partial charge in [0.15, 0.2) is 12.6 Å². The summed E-state index contributed by atoms with van der Waals surface area (Å²) in [5.74, 6) is 1.11. The minimum absolute atomic E-state index is 0.0260. The molecule has 1 rings (SSSR count). The molecule has 0 saturated carbocycles. The fourth-order valence-electron chi connectivity index (χ4n) is 1.70. The van der Waals surface area contributed by atoms with Crippen molar-refractivity contribution in [2.45, 2.75) is 0 Å². The van der Waals surface area contributed by atoms with Gasteiger partial charge in [-0.3, -0.25) is 4.79 Å². The van der Waals surface area contributed by atoms with Crippen LogP contribution in [-0.2, 0) is 4.74 Å². The van der Waals surface area contributed by atoms with Crippen LogP contribution in [-0.4, -0.2) is 46.4 Å². The van der Waals surface area contributed by atoms with E-state index in [0.717, 1.165) is 4.24 Å². The zero-order valence-corrected chi connectivity index (χ0v) is 14.9. The zero-order chi connectivity index (χ0) is 16.5. The first-order valence-corrected chi connectivity index (χ1v) is 8.77. The summed E-state index contributed by atoms with van der Waals surface area (Å²) >= 11 is 3.02. The molecule has 0 unspecified atom stereocenters. The number of methoxy groups -OCH3 is 3. The Morgan fingerprint density at radius 2 is 1.73 bits per heavy atom. The number of carbonyl (C=O) groups excluding carboxylic acids is 1. The van der Waals surface area contributed by atoms with E-state index in [1.807, 2.05) is 12.5 Å². The fraction of sp³-hybridized carbons (Fsp3) is 0.400. The Hall–Kier alpha value is -1.31. The van der Waals surface area contributed by atoms with Crippen LogP contribution in [0.25, 0.3) is 0 Å². The monoisotopic (exact) mass is 344 g/mol. The van der Waals surface area contributed by atoms with E-state index in [1.54, 1.807) is 18.2 Å². The van der Waals surface area contributed by atoms with Crippen molar-refractivity contribution in [3.05, 3.63) is 28.0 Å². The lowest BCUT2D eigenvalue weighted by Gasteiger charge is -2.15. The van der Waals surface area contributed by atoms with Crippen LogP contribution in [0, 0.1) is 0 Å². The minimum atomic E-state index is -0.190. The highest BCUT2D eigenvalue weighted by Gasteiger charge is 2.20. The maximum atomic E-state index is 12.6. The van der Waals surface area contributed by atoms with Gasteiger partial charge in [-0.1, -0.05) is 0 Å². The third kappa shape index (κ3) is 4.86. The molecule has 0 radical (unpaired) electrons. The second-order valence-electron chi connectivity index (χ2n) is 3.99. The Bertz CT molecular complexity index is 537. The summed E-state index contributed by atoms with van der Waals surface area (Å²) in [5, 5.41) is 0. The largest absolute Gasteiger partial charge is 0.496 e. The summed E-state index contributed by atoms with van der Waals surface area (Å²) in [4.78, 5) is 12.6. The van der Waals surface area contributed by atoms with Gasteiger partial charge in [-0.2, -0.15) is 0 Å². The molecule has 22 heavy (non-hydrogen) atoms. The highest BCUT2D eigenvalue weighted by atomic mass is 32.2. The Morgan fingerprint density at radius 3 is 2.23 bits per heavy atom. The summed E-state index contributed by atoms with van der Waals surface area (Å²) < 4.78 is 21.8. The first-order valence-electron chi connectivity index (χ1n) is 6.33. The Labute approximate surface area is 139 Å². The van der Waals surface area contributed by atoms with Gasteiger partial charge in [0, 0.05) is 29.6 Å². The molecule has 0 aliphatic heterocycles. The van der Waals surface area contributed by atoms with E-state index in [9.17, 15) is 4.79 Å². The molecule has 0 spiro atoms. The number of allylic oxidation sites excluding steroid dienone is 1. The molecule has 0 aliphatic rings. The summed E-state index contributed by atoms with van der Waals surface area (Å²) in [6.45, 7) is 0.0260.